The highest BCUT2D eigenvalue weighted by molar-refractivity contribution is 4.84. The van der Waals surface area contributed by atoms with Crippen LogP contribution in [-0.4, -0.2) is 18.0 Å². The predicted octanol–water partition coefficient (Wildman–Crippen LogP) is 2.62. The topological polar surface area (TPSA) is 27.0 Å². The predicted molar refractivity (Wildman–Crippen MR) is 51.5 cm³/mol. The molecule has 0 saturated carbocycles. The number of piperidine rings is 1. The molecule has 0 aliphatic carbocycles. The van der Waals surface area contributed by atoms with Crippen molar-refractivity contribution in [3.05, 3.63) is 0 Å². The van der Waals surface area contributed by atoms with Crippen LogP contribution in [0.3, 0.4) is 0 Å². The molecule has 1 heterocycles. The van der Waals surface area contributed by atoms with Crippen LogP contribution >= 0.6 is 0 Å². The maximum absolute atomic E-state index is 8.54. The lowest BCUT2D eigenvalue weighted by atomic mass is 9.83. The van der Waals surface area contributed by atoms with Gasteiger partial charge in [0.05, 0.1) is 0 Å². The fraction of sp³-hybridized carbons (Fsp3) is 0.900. The van der Waals surface area contributed by atoms with Gasteiger partial charge >= 0.3 is 0 Å². The third-order valence-electron chi connectivity index (χ3n) is 2.26. The van der Waals surface area contributed by atoms with E-state index in [-0.39, 0.29) is 0 Å². The Balaban J connectivity index is 0.000000561. The molecule has 1 fully saturated rings. The fourth-order valence-electron chi connectivity index (χ4n) is 1.21. The average molecular weight is 168 g/mol. The Labute approximate surface area is 76.2 Å². The van der Waals surface area contributed by atoms with Crippen LogP contribution in [0, 0.1) is 16.9 Å². The molecule has 0 amide bonds. The molecule has 70 valence electrons. The summed E-state index contributed by atoms with van der Waals surface area (Å²) in [6, 6.07) is 0. The molecule has 0 atom stereocenters. The Hall–Kier alpha value is -0.710. The lowest BCUT2D eigenvalue weighted by Crippen LogP contribution is -2.33. The third-order valence-corrected chi connectivity index (χ3v) is 2.26. The van der Waals surface area contributed by atoms with Crippen LogP contribution in [0.1, 0.15) is 40.5 Å². The van der Waals surface area contributed by atoms with Gasteiger partial charge in [0.15, 0.2) is 6.19 Å². The van der Waals surface area contributed by atoms with Crippen molar-refractivity contribution in [2.75, 3.05) is 13.1 Å². The van der Waals surface area contributed by atoms with Crippen molar-refractivity contribution in [3.63, 3.8) is 0 Å². The zero-order chi connectivity index (χ0) is 9.61. The van der Waals surface area contributed by atoms with E-state index in [0.717, 1.165) is 25.9 Å². The van der Waals surface area contributed by atoms with Crippen LogP contribution in [0.15, 0.2) is 0 Å². The quantitative estimate of drug-likeness (QED) is 0.520. The molecule has 0 bridgehead atoms. The lowest BCUT2D eigenvalue weighted by Gasteiger charge is -2.33. The van der Waals surface area contributed by atoms with Gasteiger partial charge in [-0.3, -0.25) is 0 Å². The first-order valence-electron chi connectivity index (χ1n) is 4.79. The van der Waals surface area contributed by atoms with Crippen LogP contribution in [-0.2, 0) is 0 Å². The maximum atomic E-state index is 8.54. The maximum Gasteiger partial charge on any atom is 0.179 e. The minimum absolute atomic E-state index is 0.466. The average Bonchev–Trinajstić information content (AvgIpc) is 2.08. The van der Waals surface area contributed by atoms with Gasteiger partial charge in [-0.2, -0.15) is 5.26 Å². The third kappa shape index (κ3) is 3.61. The molecule has 1 aliphatic rings. The Morgan fingerprint density at radius 2 is 1.58 bits per heavy atom. The van der Waals surface area contributed by atoms with E-state index < -0.39 is 0 Å². The molecule has 0 spiro atoms. The standard InChI is InChI=1S/C8H14N2.C2H6/c1-8(2)3-5-10(7-9)6-4-8;1-2/h3-6H2,1-2H3;1-2H3. The Morgan fingerprint density at radius 3 is 1.92 bits per heavy atom. The minimum Gasteiger partial charge on any atom is -0.311 e. The zero-order valence-electron chi connectivity index (χ0n) is 8.72. The smallest absolute Gasteiger partial charge is 0.179 e. The van der Waals surface area contributed by atoms with Gasteiger partial charge in [-0.25, -0.2) is 0 Å². The van der Waals surface area contributed by atoms with Gasteiger partial charge in [0.25, 0.3) is 0 Å². The molecule has 2 heteroatoms. The van der Waals surface area contributed by atoms with E-state index in [1.165, 1.54) is 0 Å². The SMILES string of the molecule is CC.CC1(C)CCN(C#N)CC1. The van der Waals surface area contributed by atoms with Gasteiger partial charge in [-0.1, -0.05) is 27.7 Å². The van der Waals surface area contributed by atoms with E-state index in [0.29, 0.717) is 5.41 Å². The van der Waals surface area contributed by atoms with Crippen LogP contribution < -0.4 is 0 Å². The van der Waals surface area contributed by atoms with Crippen molar-refractivity contribution in [2.45, 2.75) is 40.5 Å². The second kappa shape index (κ2) is 5.03. The van der Waals surface area contributed by atoms with Crippen molar-refractivity contribution in [2.24, 2.45) is 5.41 Å². The first-order valence-corrected chi connectivity index (χ1v) is 4.79. The van der Waals surface area contributed by atoms with Gasteiger partial charge in [0.2, 0.25) is 0 Å². The number of nitrogens with zero attached hydrogens (tertiary/aromatic N) is 2. The molecule has 0 aromatic heterocycles. The number of hydrogen-bond donors (Lipinski definition) is 0. The minimum atomic E-state index is 0.466. The molecule has 0 aromatic rings. The summed E-state index contributed by atoms with van der Waals surface area (Å²) in [4.78, 5) is 1.84. The van der Waals surface area contributed by atoms with Gasteiger partial charge in [0.1, 0.15) is 0 Å². The van der Waals surface area contributed by atoms with E-state index in [2.05, 4.69) is 20.0 Å². The Bertz CT molecular complexity index is 146. The summed E-state index contributed by atoms with van der Waals surface area (Å²) in [5.74, 6) is 0. The summed E-state index contributed by atoms with van der Waals surface area (Å²) in [6.45, 7) is 10.4. The second-order valence-electron chi connectivity index (χ2n) is 3.75. The van der Waals surface area contributed by atoms with Crippen LogP contribution in [0.5, 0.6) is 0 Å². The summed E-state index contributed by atoms with van der Waals surface area (Å²) in [7, 11) is 0. The van der Waals surface area contributed by atoms with Crippen molar-refractivity contribution < 1.29 is 0 Å². The Kier molecular flexibility index (Phi) is 4.73. The summed E-state index contributed by atoms with van der Waals surface area (Å²) >= 11 is 0. The highest BCUT2D eigenvalue weighted by Gasteiger charge is 2.24. The first-order chi connectivity index (χ1) is 5.64. The summed E-state index contributed by atoms with van der Waals surface area (Å²) in [5.41, 5.74) is 0.466. The molecule has 0 N–H and O–H groups in total. The number of nitriles is 1. The molecular formula is C10H20N2. The van der Waals surface area contributed by atoms with Crippen LogP contribution in [0.2, 0.25) is 0 Å². The summed E-state index contributed by atoms with van der Waals surface area (Å²) < 4.78 is 0. The van der Waals surface area contributed by atoms with Gasteiger partial charge in [-0.15, -0.1) is 0 Å². The molecular weight excluding hydrogens is 148 g/mol. The lowest BCUT2D eigenvalue weighted by molar-refractivity contribution is 0.179. The van der Waals surface area contributed by atoms with E-state index >= 15 is 0 Å². The molecule has 2 nitrogen and oxygen atoms in total. The first kappa shape index (κ1) is 11.3. The highest BCUT2D eigenvalue weighted by atomic mass is 15.1. The van der Waals surface area contributed by atoms with Crippen molar-refractivity contribution in [1.29, 1.82) is 5.26 Å². The monoisotopic (exact) mass is 168 g/mol. The van der Waals surface area contributed by atoms with E-state index in [9.17, 15) is 0 Å². The van der Waals surface area contributed by atoms with E-state index in [1.54, 1.807) is 0 Å². The Morgan fingerprint density at radius 1 is 1.17 bits per heavy atom. The van der Waals surface area contributed by atoms with Gasteiger partial charge in [0, 0.05) is 13.1 Å². The summed E-state index contributed by atoms with van der Waals surface area (Å²) in [6.07, 6.45) is 4.48. The highest BCUT2D eigenvalue weighted by Crippen LogP contribution is 2.28. The number of likely N-dealkylation sites (tertiary alicyclic amines) is 1. The van der Waals surface area contributed by atoms with Crippen molar-refractivity contribution in [1.82, 2.24) is 4.90 Å². The van der Waals surface area contributed by atoms with Crippen molar-refractivity contribution in [3.8, 4) is 6.19 Å². The molecule has 0 unspecified atom stereocenters. The van der Waals surface area contributed by atoms with Crippen LogP contribution in [0.4, 0.5) is 0 Å². The van der Waals surface area contributed by atoms with E-state index in [4.69, 9.17) is 5.26 Å². The summed E-state index contributed by atoms with van der Waals surface area (Å²) in [5, 5.41) is 8.54. The molecule has 0 aromatic carbocycles. The molecule has 1 aliphatic heterocycles. The second-order valence-corrected chi connectivity index (χ2v) is 3.75. The molecule has 1 saturated heterocycles. The van der Waals surface area contributed by atoms with Crippen LogP contribution in [0.25, 0.3) is 0 Å². The molecule has 1 rings (SSSR count). The van der Waals surface area contributed by atoms with E-state index in [1.807, 2.05) is 18.7 Å². The number of rotatable bonds is 0. The van der Waals surface area contributed by atoms with Crippen molar-refractivity contribution >= 4 is 0 Å². The largest absolute Gasteiger partial charge is 0.311 e. The normalized spacial score (nSPS) is 20.4. The zero-order valence-corrected chi connectivity index (χ0v) is 8.72. The van der Waals surface area contributed by atoms with Gasteiger partial charge < -0.3 is 4.90 Å². The molecule has 12 heavy (non-hydrogen) atoms. The molecule has 0 radical (unpaired) electrons. The fourth-order valence-corrected chi connectivity index (χ4v) is 1.21. The van der Waals surface area contributed by atoms with Gasteiger partial charge in [-0.05, 0) is 18.3 Å². The number of hydrogen-bond acceptors (Lipinski definition) is 2.